The number of hydrogen-bond donors (Lipinski definition) is 11. The van der Waals surface area contributed by atoms with Crippen LogP contribution in [0.4, 0.5) is 0 Å². The summed E-state index contributed by atoms with van der Waals surface area (Å²) in [6.45, 7) is 0.842. The second-order valence-electron chi connectivity index (χ2n) is 15.9. The van der Waals surface area contributed by atoms with E-state index in [1.54, 1.807) is 6.20 Å². The van der Waals surface area contributed by atoms with Gasteiger partial charge >= 0.3 is 0 Å². The summed E-state index contributed by atoms with van der Waals surface area (Å²) in [4.78, 5) is 0. The van der Waals surface area contributed by atoms with Crippen molar-refractivity contribution in [1.82, 2.24) is 45.0 Å². The van der Waals surface area contributed by atoms with Crippen LogP contribution in [-0.2, 0) is 77.3 Å². The first-order valence-electron chi connectivity index (χ1n) is 20.5. The van der Waals surface area contributed by atoms with E-state index in [1.807, 2.05) is 6.92 Å². The van der Waals surface area contributed by atoms with Crippen LogP contribution in [0.3, 0.4) is 0 Å². The van der Waals surface area contributed by atoms with Gasteiger partial charge in [-0.15, -0.1) is 38.5 Å². The number of aromatic nitrogens is 9. The van der Waals surface area contributed by atoms with E-state index in [4.69, 9.17) is 61.1 Å². The van der Waals surface area contributed by atoms with Gasteiger partial charge in [0.15, 0.2) is 18.9 Å². The van der Waals surface area contributed by atoms with Crippen LogP contribution in [0.2, 0.25) is 0 Å². The molecule has 0 bridgehead atoms. The Labute approximate surface area is 378 Å². The number of nitrogens with zero attached hydrogens (tertiary/aromatic N) is 9. The molecule has 366 valence electrons. The molecule has 0 spiro atoms. The highest BCUT2D eigenvalue weighted by Crippen LogP contribution is 2.38. The predicted octanol–water partition coefficient (Wildman–Crippen LogP) is -6.83. The number of aliphatic hydroxyl groups is 11. The van der Waals surface area contributed by atoms with E-state index in [-0.39, 0.29) is 50.8 Å². The van der Waals surface area contributed by atoms with Gasteiger partial charge in [-0.2, -0.15) is 0 Å². The van der Waals surface area contributed by atoms with Crippen molar-refractivity contribution in [2.45, 2.75) is 162 Å². The molecule has 30 heteroatoms. The Morgan fingerprint density at radius 1 is 0.585 bits per heavy atom. The lowest BCUT2D eigenvalue weighted by atomic mass is 9.99. The van der Waals surface area contributed by atoms with Crippen LogP contribution in [0, 0.1) is 0 Å². The van der Waals surface area contributed by atoms with Crippen molar-refractivity contribution < 1.29 is 94.1 Å². The molecule has 7 heterocycles. The molecule has 19 atom stereocenters. The Morgan fingerprint density at radius 2 is 1.03 bits per heavy atom. The summed E-state index contributed by atoms with van der Waals surface area (Å²) in [5.74, 6) is -2.72. The van der Waals surface area contributed by atoms with Crippen LogP contribution in [0.5, 0.6) is 0 Å². The molecule has 3 aromatic rings. The smallest absolute Gasteiger partial charge is 0.214 e. The van der Waals surface area contributed by atoms with Gasteiger partial charge in [0.05, 0.1) is 75.9 Å². The molecule has 3 aromatic heterocycles. The third-order valence-corrected chi connectivity index (χ3v) is 12.2. The fourth-order valence-corrected chi connectivity index (χ4v) is 8.14. The van der Waals surface area contributed by atoms with Crippen LogP contribution >= 0.6 is 23.2 Å². The fraction of sp³-hybridized carbons (Fsp3) is 0.829. The summed E-state index contributed by atoms with van der Waals surface area (Å²) in [5, 5.41) is 139. The maximum atomic E-state index is 10.9. The topological polar surface area (TPSA) is 388 Å². The van der Waals surface area contributed by atoms with Crippen LogP contribution < -0.4 is 0 Å². The molecule has 0 amide bonds. The largest absolute Gasteiger partial charge is 0.394 e. The lowest BCUT2D eigenvalue weighted by Gasteiger charge is -2.43. The Balaban J connectivity index is 0.899. The average Bonchev–Trinajstić information content (AvgIpc) is 4.11. The first kappa shape index (κ1) is 50.1. The summed E-state index contributed by atoms with van der Waals surface area (Å²) in [5.41, 5.74) is 0.942. The lowest BCUT2D eigenvalue weighted by Crippen LogP contribution is -2.61. The van der Waals surface area contributed by atoms with E-state index >= 15 is 0 Å². The van der Waals surface area contributed by atoms with Gasteiger partial charge in [-0.1, -0.05) is 15.6 Å². The number of hydrogen-bond acceptors (Lipinski definition) is 25. The summed E-state index contributed by atoms with van der Waals surface area (Å²) in [7, 11) is 0. The summed E-state index contributed by atoms with van der Waals surface area (Å²) >= 11 is 12.2. The van der Waals surface area contributed by atoms with Gasteiger partial charge in [-0.05, 0) is 6.92 Å². The number of alkyl halides is 2. The molecule has 0 aromatic carbocycles. The van der Waals surface area contributed by atoms with E-state index in [9.17, 15) is 56.2 Å². The number of rotatable bonds is 19. The number of aliphatic hydroxyl groups excluding tert-OH is 11. The first-order valence-corrected chi connectivity index (χ1v) is 21.4. The zero-order valence-electron chi connectivity index (χ0n) is 34.5. The van der Waals surface area contributed by atoms with Crippen molar-refractivity contribution in [3.05, 3.63) is 35.7 Å². The molecule has 0 saturated carbocycles. The van der Waals surface area contributed by atoms with Crippen molar-refractivity contribution in [3.63, 3.8) is 0 Å². The van der Waals surface area contributed by atoms with Crippen molar-refractivity contribution >= 4 is 23.2 Å². The van der Waals surface area contributed by atoms with Gasteiger partial charge in [-0.3, -0.25) is 0 Å². The lowest BCUT2D eigenvalue weighted by molar-refractivity contribution is -0.358. The van der Waals surface area contributed by atoms with Crippen LogP contribution in [-0.4, -0.2) is 236 Å². The highest BCUT2D eigenvalue weighted by Gasteiger charge is 2.58. The SMILES string of the molecule is CCOCc1cn(C[C@H]2O[C@H](OCc3cn(C[C@H]4O[C@H](OCc5cn(C[C@H]6OC(CCl)(O[C@H]7O[C@H](CO)[C@H](Cl)[C@H](O)[C@H]7O)[C@@H](O)[C@@H]6O)nn5)[C@@H](O)[C@@H](O)[C@@H]4O)nn3)[C@@H](O)[C@@H](O)[C@@H]2O)nn1. The van der Waals surface area contributed by atoms with Crippen molar-refractivity contribution in [1.29, 1.82) is 0 Å². The molecule has 4 fully saturated rings. The number of ether oxygens (including phenoxy) is 8. The molecular weight excluding hydrogens is 921 g/mol. The van der Waals surface area contributed by atoms with Crippen molar-refractivity contribution in [2.24, 2.45) is 0 Å². The Bertz CT molecular complexity index is 1960. The highest BCUT2D eigenvalue weighted by atomic mass is 35.5. The minimum Gasteiger partial charge on any atom is -0.394 e. The van der Waals surface area contributed by atoms with Gasteiger partial charge in [0, 0.05) is 6.61 Å². The Hall–Kier alpha value is -2.76. The second kappa shape index (κ2) is 21.7. The minimum absolute atomic E-state index is 0.0298. The van der Waals surface area contributed by atoms with Gasteiger partial charge in [0.25, 0.3) is 0 Å². The van der Waals surface area contributed by atoms with E-state index in [2.05, 4.69) is 30.9 Å². The maximum Gasteiger partial charge on any atom is 0.214 e. The van der Waals surface area contributed by atoms with E-state index in [1.165, 1.54) is 26.4 Å². The van der Waals surface area contributed by atoms with Gasteiger partial charge in [0.2, 0.25) is 5.79 Å². The first-order chi connectivity index (χ1) is 31.1. The van der Waals surface area contributed by atoms with Crippen molar-refractivity contribution in [2.75, 3.05) is 19.1 Å². The van der Waals surface area contributed by atoms with Gasteiger partial charge in [-0.25, -0.2) is 14.0 Å². The molecule has 11 N–H and O–H groups in total. The minimum atomic E-state index is -2.15. The van der Waals surface area contributed by atoms with Crippen molar-refractivity contribution in [3.8, 4) is 0 Å². The standard InChI is InChI=1S/C35H53Cl2N9O19/c1-2-58-10-14-3-44(41-38-14)6-17-22(48)26(52)29(55)32(61-17)59-11-15-4-45(42-39-15)7-18-23(49)27(53)30(56)33(62-18)60-12-16-5-46(43-40-16)8-19-24(50)31(57)35(13-36,64-19)65-34-28(54)25(51)21(37)20(9-47)63-34/h3-5,17-34,47-57H,2,6-13H2,1H3/t17-,18-,19-,20-,21+,22-,23-,24-,25+,26+,27+,28-,29+,30+,31+,32+,33+,34-,35?/m1/s1. The monoisotopic (exact) mass is 973 g/mol. The van der Waals surface area contributed by atoms with E-state index in [0.29, 0.717) is 12.3 Å². The molecule has 1 unspecified atom stereocenters. The molecule has 65 heavy (non-hydrogen) atoms. The molecular formula is C35H53Cl2N9O19. The van der Waals surface area contributed by atoms with E-state index in [0.717, 1.165) is 0 Å². The Kier molecular flexibility index (Phi) is 16.7. The van der Waals surface area contributed by atoms with Crippen LogP contribution in [0.15, 0.2) is 18.6 Å². The third kappa shape index (κ3) is 11.1. The zero-order chi connectivity index (χ0) is 46.7. The predicted molar refractivity (Wildman–Crippen MR) is 207 cm³/mol. The van der Waals surface area contributed by atoms with Crippen LogP contribution in [0.1, 0.15) is 24.0 Å². The molecule has 0 radical (unpaired) electrons. The second-order valence-corrected chi connectivity index (χ2v) is 16.7. The molecule has 7 rings (SSSR count). The molecule has 4 aliphatic rings. The fourth-order valence-electron chi connectivity index (χ4n) is 7.57. The molecule has 28 nitrogen and oxygen atoms in total. The maximum absolute atomic E-state index is 10.9. The molecule has 0 aliphatic carbocycles. The molecule has 4 saturated heterocycles. The van der Waals surface area contributed by atoms with E-state index < -0.39 is 128 Å². The van der Waals surface area contributed by atoms with Gasteiger partial charge < -0.3 is 94.1 Å². The summed E-state index contributed by atoms with van der Waals surface area (Å²) in [6.07, 6.45) is -21.3. The Morgan fingerprint density at radius 3 is 1.49 bits per heavy atom. The number of halogens is 2. The molecule has 4 aliphatic heterocycles. The average molecular weight is 975 g/mol. The van der Waals surface area contributed by atoms with Crippen LogP contribution in [0.25, 0.3) is 0 Å². The normalized spacial score (nSPS) is 40.2. The quantitative estimate of drug-likeness (QED) is 0.0497. The van der Waals surface area contributed by atoms with Gasteiger partial charge in [0.1, 0.15) is 103 Å². The highest BCUT2D eigenvalue weighted by molar-refractivity contribution is 6.21. The zero-order valence-corrected chi connectivity index (χ0v) is 36.0. The third-order valence-electron chi connectivity index (χ3n) is 11.2. The summed E-state index contributed by atoms with van der Waals surface area (Å²) < 4.78 is 49.2. The summed E-state index contributed by atoms with van der Waals surface area (Å²) in [6, 6.07) is 0.